The van der Waals surface area contributed by atoms with Crippen LogP contribution in [0.5, 0.6) is 0 Å². The summed E-state index contributed by atoms with van der Waals surface area (Å²) in [4.78, 5) is 26.4. The highest BCUT2D eigenvalue weighted by Gasteiger charge is 2.56. The fraction of sp³-hybridized carbons (Fsp3) is 0.600. The van der Waals surface area contributed by atoms with Crippen molar-refractivity contribution in [3.63, 3.8) is 0 Å². The van der Waals surface area contributed by atoms with Crippen molar-refractivity contribution in [1.82, 2.24) is 10.6 Å². The predicted molar refractivity (Wildman–Crippen MR) is 844 cm³/mol. The van der Waals surface area contributed by atoms with Crippen LogP contribution in [0, 0.1) is 0 Å². The Labute approximate surface area is 948 Å². The Morgan fingerprint density at radius 2 is 0.708 bits per heavy atom. The van der Waals surface area contributed by atoms with Crippen LogP contribution in [-0.4, -0.2) is 76.2 Å². The second-order valence-corrected chi connectivity index (χ2v) is 305. The molecule has 0 bridgehead atoms. The van der Waals surface area contributed by atoms with Gasteiger partial charge in [-0.05, 0) is 319 Å². The van der Waals surface area contributed by atoms with Crippen molar-refractivity contribution < 1.29 is 37.4 Å². The van der Waals surface area contributed by atoms with Crippen LogP contribution in [0.25, 0.3) is 0 Å². The molecule has 4 aliphatic rings. The van der Waals surface area contributed by atoms with E-state index in [1.54, 1.807) is 6.08 Å². The molecule has 2 fully saturated rings. The molecule has 0 spiro atoms. The molecule has 137 heavy (non-hydrogen) atoms. The quantitative estimate of drug-likeness (QED) is 0.0295. The molecule has 2 saturated heterocycles. The van der Waals surface area contributed by atoms with E-state index in [9.17, 15) is 9.59 Å². The molecular formula is C60H161N2O8P65Si2. The van der Waals surface area contributed by atoms with Crippen molar-refractivity contribution in [3.05, 3.63) is 132 Å². The van der Waals surface area contributed by atoms with Gasteiger partial charge in [0.1, 0.15) is 12.2 Å². The second kappa shape index (κ2) is 78.7. The van der Waals surface area contributed by atoms with Gasteiger partial charge in [0.25, 0.3) is 0 Å². The number of nitrogens with one attached hydrogen (secondary N) is 2. The van der Waals surface area contributed by atoms with Crippen LogP contribution in [0.3, 0.4) is 0 Å². The lowest BCUT2D eigenvalue weighted by atomic mass is 9.90. The lowest BCUT2D eigenvalue weighted by Gasteiger charge is -2.53. The minimum atomic E-state index is -2.08. The summed E-state index contributed by atoms with van der Waals surface area (Å²) in [6.07, 6.45) is 18.8. The molecule has 2 amide bonds. The Morgan fingerprint density at radius 1 is 0.431 bits per heavy atom. The molecule has 0 radical (unpaired) electrons. The van der Waals surface area contributed by atoms with E-state index >= 15 is 0 Å². The summed E-state index contributed by atoms with van der Waals surface area (Å²) < 4.78 is 39.7. The molecule has 2 aromatic rings. The summed E-state index contributed by atoms with van der Waals surface area (Å²) >= 11 is 0. The first-order chi connectivity index (χ1) is 63.2. The number of ether oxygens (including phenoxy) is 4. The van der Waals surface area contributed by atoms with Gasteiger partial charge in [0.15, 0.2) is 29.2 Å². The van der Waals surface area contributed by atoms with Gasteiger partial charge >= 0.3 is 0 Å². The summed E-state index contributed by atoms with van der Waals surface area (Å²) in [5, 5.41) is 6.64. The first-order valence-electron chi connectivity index (χ1n) is 41.3. The smallest absolute Gasteiger partial charge is 0.223 e. The number of hydrogen-bond acceptors (Lipinski definition) is 8. The van der Waals surface area contributed by atoms with Crippen LogP contribution < -0.4 is 10.6 Å². The number of amides is 2. The molecule has 792 valence electrons. The molecule has 0 aliphatic carbocycles. The third-order valence-corrected chi connectivity index (χ3v) is 464. The van der Waals surface area contributed by atoms with Crippen LogP contribution >= 0.6 is 521 Å². The SMILES string of the molecule is C=C/C=C(\C)[C@@H]1C/C=C/[C@@H]2O[C@H](c3ccccc3)O[C@]2(C)CC[C@@H](O[Si](C)(C)C(C)(C)C)CC(=O)N1.CC/C=C(\C)[C@@H]1C/C=C/[C@@H]2O[C@H](c3ccccc3)O[C@]2(C)CC[C@@H](O[Si](C)(C)C(C)(C)C)CC(=O)N1.PP(P)P(P)P(P(P)P)P(P(P(P)P)P(P)P)P(P(P(P)P)P(P)P)P(P(P)P)P(P)P.PPP(P(P)P)P(P(P)P)P(P(P(P)P)P(P)P)P(P(P(P)P)P(P)P)P(P(P)P)P(P)P. The van der Waals surface area contributed by atoms with E-state index < -0.39 is 40.4 Å². The molecule has 4 heterocycles. The summed E-state index contributed by atoms with van der Waals surface area (Å²) in [5.41, 5.74) is 3.25. The third kappa shape index (κ3) is 53.3. The maximum atomic E-state index is 13.2. The number of fused-ring (bicyclic) bond motifs is 2. The van der Waals surface area contributed by atoms with Gasteiger partial charge in [-0.15, -0.1) is 304 Å². The number of carbonyl (C=O) groups excluding carboxylic acids is 2. The Hall–Kier alpha value is 24.2. The fourth-order valence-electron chi connectivity index (χ4n) is 12.7. The maximum Gasteiger partial charge on any atom is 0.223 e. The van der Waals surface area contributed by atoms with Gasteiger partial charge in [-0.2, -0.15) is 0 Å². The number of rotatable bonds is 39. The van der Waals surface area contributed by atoms with Gasteiger partial charge < -0.3 is 38.4 Å². The van der Waals surface area contributed by atoms with E-state index in [0.29, 0.717) is 25.7 Å². The monoisotopic (exact) mass is 3110 g/mol. The van der Waals surface area contributed by atoms with E-state index in [1.165, 1.54) is 5.57 Å². The van der Waals surface area contributed by atoms with Gasteiger partial charge in [-0.1, -0.05) is 177 Å². The highest BCUT2D eigenvalue weighted by atomic mass is 33.5. The van der Waals surface area contributed by atoms with Crippen LogP contribution in [0.1, 0.15) is 158 Å². The average Bonchev–Trinajstić information content (AvgIpc) is 1.65. The number of allylic oxidation sites excluding steroid dienone is 3. The summed E-state index contributed by atoms with van der Waals surface area (Å²) in [6.45, 7) is 35.9. The third-order valence-electron chi connectivity index (χ3n) is 21.4. The molecule has 0 aromatic heterocycles. The average molecular weight is 3110 g/mol. The standard InChI is InChI=1S/C30H47NO4Si.C30H45NO4Si.H35P33.H34P32/c2*1-9-14-22(2)25-17-13-18-26-30(6,34-28(33-26)23-15-11-10-12-16-23)20-19-24(21-27(32)31-25)35-36(7,8)29(3,4)5;1-18-27(19(2)3)31(26(16)17)33(30(24(12)13)25(14)15)32(28(20(4)5)21(6)7)29(22(8)9)23(10)11;1-18(2)26(17)30(25(15)16)32(29(23(11)12)24(13)14)31(27(19(3)4)20(5)6)28(21(7)8)22(9)10/h10-16,18,24-26,28H,9,17,19-21H2,1-8H3,(H,31,32);9-16,18,24-26,28H,1,17,19-21H2,2-8H3,(H,31,32);18H,1-17H2;1-17H2/b2*18-13+,22-14+;;/t2*24-,25+,26+,28+,30-;;/m11../s1. The van der Waals surface area contributed by atoms with E-state index in [-0.39, 0.29) is 268 Å². The second-order valence-electron chi connectivity index (χ2n) is 34.1. The maximum absolute atomic E-state index is 13.2. The molecule has 41 unspecified atom stereocenters. The van der Waals surface area contributed by atoms with Gasteiger partial charge in [-0.25, -0.2) is 0 Å². The zero-order chi connectivity index (χ0) is 105. The summed E-state index contributed by atoms with van der Waals surface area (Å²) in [5.74, 6) is 0.0657. The molecule has 10 nitrogen and oxygen atoms in total. The summed E-state index contributed by atoms with van der Waals surface area (Å²) in [7, 11) is 110. The van der Waals surface area contributed by atoms with Gasteiger partial charge in [0.2, 0.25) is 11.8 Å². The molecule has 2 N–H and O–H groups in total. The number of hydrogen-bond donors (Lipinski definition) is 2. The van der Waals surface area contributed by atoms with Gasteiger partial charge in [0, 0.05) is 11.1 Å². The molecule has 51 atom stereocenters. The van der Waals surface area contributed by atoms with Crippen molar-refractivity contribution in [2.24, 2.45) is 0 Å². The van der Waals surface area contributed by atoms with E-state index in [4.69, 9.17) is 27.8 Å². The largest absolute Gasteiger partial charge is 0.413 e. The Morgan fingerprint density at radius 3 is 0.956 bits per heavy atom. The van der Waals surface area contributed by atoms with E-state index in [2.05, 4.69) is 447 Å². The van der Waals surface area contributed by atoms with Crippen molar-refractivity contribution >= 4 is 550 Å². The molecular weight excluding hydrogens is 2950 g/mol. The van der Waals surface area contributed by atoms with Crippen molar-refractivity contribution in [1.29, 1.82) is 0 Å². The first-order valence-corrected chi connectivity index (χ1v) is 164. The van der Waals surface area contributed by atoms with Crippen molar-refractivity contribution in [3.8, 4) is 0 Å². The van der Waals surface area contributed by atoms with Crippen molar-refractivity contribution in [2.45, 2.75) is 230 Å². The Bertz CT molecular complexity index is 3880. The van der Waals surface area contributed by atoms with Crippen molar-refractivity contribution in [2.75, 3.05) is 0 Å². The van der Waals surface area contributed by atoms with Crippen LogP contribution in [0.4, 0.5) is 0 Å². The Kier molecular flexibility index (Phi) is 89.2. The predicted octanol–water partition coefficient (Wildman–Crippen LogP) is 51.7. The number of benzene rings is 2. The lowest BCUT2D eigenvalue weighted by molar-refractivity contribution is -0.124. The molecule has 0 saturated carbocycles. The molecule has 2 aromatic carbocycles. The lowest BCUT2D eigenvalue weighted by Crippen LogP contribution is -2.47. The molecule has 6 rings (SSSR count). The fourth-order valence-corrected chi connectivity index (χ4v) is 870. The number of carbonyl (C=O) groups is 2. The zero-order valence-corrected chi connectivity index (χ0v) is 149. The molecule has 77 heteroatoms. The Balaban J connectivity index is 0.000000471. The van der Waals surface area contributed by atoms with Crippen LogP contribution in [0.2, 0.25) is 36.3 Å². The minimum absolute atomic E-state index is 0.0135. The summed E-state index contributed by atoms with van der Waals surface area (Å²) in [6, 6.07) is 20.1. The highest BCUT2D eigenvalue weighted by molar-refractivity contribution is 9.47. The topological polar surface area (TPSA) is 114 Å². The minimum Gasteiger partial charge on any atom is -0.413 e. The highest BCUT2D eigenvalue weighted by Crippen LogP contribution is 3.42. The van der Waals surface area contributed by atoms with Crippen LogP contribution in [0.15, 0.2) is 121 Å². The normalized spacial score (nSPS) is 24.6. The van der Waals surface area contributed by atoms with Crippen LogP contribution in [-0.2, 0) is 37.4 Å². The van der Waals surface area contributed by atoms with E-state index in [0.717, 1.165) is 56.8 Å². The van der Waals surface area contributed by atoms with Gasteiger partial charge in [0.05, 0.1) is 48.3 Å². The van der Waals surface area contributed by atoms with E-state index in [1.807, 2.05) is 73.7 Å². The molecule has 4 aliphatic heterocycles. The van der Waals surface area contributed by atoms with Gasteiger partial charge in [-0.3, -0.25) is 9.59 Å². The first kappa shape index (κ1) is 155. The zero-order valence-electron chi connectivity index (χ0n) is 80.3.